The van der Waals surface area contributed by atoms with E-state index in [-0.39, 0.29) is 44.0 Å². The Balaban J connectivity index is 1.56. The van der Waals surface area contributed by atoms with E-state index in [4.69, 9.17) is 20.0 Å². The molecule has 1 aliphatic heterocycles. The first kappa shape index (κ1) is 26.6. The molecule has 8 bridgehead atoms. The van der Waals surface area contributed by atoms with Crippen LogP contribution in [0.4, 0.5) is 23.3 Å². The molecular weight excluding hydrogens is 600 g/mol. The summed E-state index contributed by atoms with van der Waals surface area (Å²) in [4.78, 5) is 33.2. The van der Waals surface area contributed by atoms with Crippen LogP contribution in [0.25, 0.3) is 43.1 Å². The van der Waals surface area contributed by atoms with Crippen molar-refractivity contribution in [2.45, 2.75) is 0 Å². The second-order valence-electron chi connectivity index (χ2n) is 11.1. The molecule has 220 valence electrons. The first-order valence-corrected chi connectivity index (χ1v) is 14.7. The van der Waals surface area contributed by atoms with E-state index in [0.29, 0.717) is 34.2 Å². The molecule has 4 aromatic heterocycles. The van der Waals surface area contributed by atoms with Crippen molar-refractivity contribution in [3.8, 4) is 24.3 Å². The van der Waals surface area contributed by atoms with Crippen molar-refractivity contribution in [1.82, 2.24) is 19.9 Å². The van der Waals surface area contributed by atoms with Crippen LogP contribution in [0.1, 0.15) is 22.3 Å². The van der Waals surface area contributed by atoms with Gasteiger partial charge in [-0.15, -0.1) is 0 Å². The third-order valence-corrected chi connectivity index (χ3v) is 8.57. The Labute approximate surface area is 268 Å². The van der Waals surface area contributed by atoms with Gasteiger partial charge in [-0.05, 0) is 0 Å². The van der Waals surface area contributed by atoms with Gasteiger partial charge in [-0.1, -0.05) is 72.8 Å². The molecule has 48 heavy (non-hydrogen) atoms. The molecule has 4 aromatic carbocycles. The third-order valence-electron chi connectivity index (χ3n) is 8.57. The van der Waals surface area contributed by atoms with E-state index in [1.807, 2.05) is 84.9 Å². The zero-order valence-electron chi connectivity index (χ0n) is 24.5. The molecule has 0 radical (unpaired) electrons. The van der Waals surface area contributed by atoms with Gasteiger partial charge in [0.1, 0.15) is 69.5 Å². The summed E-state index contributed by atoms with van der Waals surface area (Å²) in [5, 5.41) is 46.1. The highest BCUT2D eigenvalue weighted by atomic mass is 15.1. The van der Waals surface area contributed by atoms with E-state index in [0.717, 1.165) is 32.3 Å². The maximum absolute atomic E-state index is 10.4. The Morgan fingerprint density at radius 3 is 0.979 bits per heavy atom. The summed E-state index contributed by atoms with van der Waals surface area (Å²) >= 11 is 0. The van der Waals surface area contributed by atoms with Crippen molar-refractivity contribution < 1.29 is 0 Å². The molecule has 0 saturated heterocycles. The van der Waals surface area contributed by atoms with Gasteiger partial charge < -0.3 is 19.9 Å². The number of fused-ring (bicyclic) bond motifs is 20. The molecular formula is C36H16N12. The van der Waals surface area contributed by atoms with Crippen LogP contribution >= 0.6 is 0 Å². The third kappa shape index (κ3) is 3.60. The van der Waals surface area contributed by atoms with E-state index in [2.05, 4.69) is 32.1 Å². The summed E-state index contributed by atoms with van der Waals surface area (Å²) in [6, 6.07) is 31.2. The highest BCUT2D eigenvalue weighted by Crippen LogP contribution is 2.36. The van der Waals surface area contributed by atoms with E-state index in [9.17, 15) is 21.0 Å². The van der Waals surface area contributed by atoms with Gasteiger partial charge in [0, 0.05) is 43.1 Å². The molecule has 0 unspecified atom stereocenters. The Hall–Kier alpha value is -7.80. The van der Waals surface area contributed by atoms with Crippen LogP contribution in [0, 0.1) is 45.3 Å². The van der Waals surface area contributed by atoms with Crippen molar-refractivity contribution >= 4 is 66.4 Å². The minimum absolute atomic E-state index is 0.0877. The van der Waals surface area contributed by atoms with Gasteiger partial charge in [0.05, 0.1) is 22.3 Å². The number of nitriles is 4. The van der Waals surface area contributed by atoms with Gasteiger partial charge in [-0.3, -0.25) is 0 Å². The molecule has 0 spiro atoms. The smallest absolute Gasteiger partial charge is 0.143 e. The Kier molecular flexibility index (Phi) is 5.46. The molecule has 1 aliphatic rings. The molecule has 5 heterocycles. The molecule has 9 rings (SSSR count). The minimum atomic E-state index is -0.204. The number of hydrogen-bond acceptors (Lipinski definition) is 8. The lowest BCUT2D eigenvalue weighted by Crippen LogP contribution is -2.10. The molecule has 0 amide bonds. The lowest BCUT2D eigenvalue weighted by atomic mass is 9.93. The Morgan fingerprint density at radius 2 is 0.646 bits per heavy atom. The van der Waals surface area contributed by atoms with Gasteiger partial charge in [-0.2, -0.15) is 21.0 Å². The maximum Gasteiger partial charge on any atom is 0.143 e. The summed E-state index contributed by atoms with van der Waals surface area (Å²) in [5.74, 6) is 1.91. The summed E-state index contributed by atoms with van der Waals surface area (Å²) < 4.78 is 0. The lowest BCUT2D eigenvalue weighted by molar-refractivity contribution is 1.08. The first-order valence-electron chi connectivity index (χ1n) is 14.7. The average Bonchev–Trinajstić information content (AvgIpc) is 3.86. The quantitative estimate of drug-likeness (QED) is 0.181. The number of H-pyrrole nitrogens is 4. The summed E-state index contributed by atoms with van der Waals surface area (Å²) in [5.41, 5.74) is 0.960. The van der Waals surface area contributed by atoms with Crippen LogP contribution in [0.5, 0.6) is 0 Å². The van der Waals surface area contributed by atoms with Gasteiger partial charge >= 0.3 is 0 Å². The largest absolute Gasteiger partial charge is 0.324 e. The topological polar surface area (TPSA) is 208 Å². The molecule has 8 aromatic rings. The molecule has 0 saturated carbocycles. The number of aromatic nitrogens is 4. The number of nitrogens with zero attached hydrogens (tertiary/aromatic N) is 8. The monoisotopic (exact) mass is 616 g/mol. The first-order chi connectivity index (χ1) is 23.6. The van der Waals surface area contributed by atoms with E-state index in [1.165, 1.54) is 0 Å². The van der Waals surface area contributed by atoms with Crippen LogP contribution in [-0.2, 0) is 0 Å². The van der Waals surface area contributed by atoms with Crippen molar-refractivity contribution in [3.05, 3.63) is 117 Å². The maximum atomic E-state index is 10.4. The number of benzene rings is 4. The highest BCUT2D eigenvalue weighted by molar-refractivity contribution is 6.02. The van der Waals surface area contributed by atoms with Gasteiger partial charge in [0.15, 0.2) is 0 Å². The SMILES string of the molecule is N#Cc1c(C#N)c(C#N)c2c3[nH]c(c2c1C#N)=Nc1[nH]c(c2ccccc12)N=c1[nH]c(c2ccccc12)=Nc1[nH]c(c2ccccc12)N=3. The lowest BCUT2D eigenvalue weighted by Gasteiger charge is -2.03. The van der Waals surface area contributed by atoms with Crippen LogP contribution < -0.4 is 22.0 Å². The number of rotatable bonds is 0. The van der Waals surface area contributed by atoms with Crippen molar-refractivity contribution in [1.29, 1.82) is 21.0 Å². The van der Waals surface area contributed by atoms with Crippen molar-refractivity contribution in [2.24, 2.45) is 20.0 Å². The molecule has 0 fully saturated rings. The number of nitrogens with one attached hydrogen (secondary N) is 4. The standard InChI is InChI=1S/C36H16N12/c37-13-23-24(14-38)26(16-40)28-27(25(23)15-39)35-46-33-21-11-5-3-9-19(21)31(44-33)42-29-17-7-1-2-8-18(17)30(41-29)43-32-20-10-4-6-12-22(20)34(45-32)47-36(28)48-35/h1-12H,(H4,41,42,43,44,45,46,47,48). The average molecular weight is 617 g/mol. The molecule has 12 nitrogen and oxygen atoms in total. The van der Waals surface area contributed by atoms with E-state index in [1.54, 1.807) is 0 Å². The van der Waals surface area contributed by atoms with Crippen LogP contribution in [0.15, 0.2) is 92.8 Å². The van der Waals surface area contributed by atoms with E-state index >= 15 is 0 Å². The second-order valence-corrected chi connectivity index (χ2v) is 11.1. The molecule has 4 N–H and O–H groups in total. The van der Waals surface area contributed by atoms with E-state index < -0.39 is 0 Å². The van der Waals surface area contributed by atoms with Crippen LogP contribution in [0.2, 0.25) is 0 Å². The fourth-order valence-corrected chi connectivity index (χ4v) is 6.48. The van der Waals surface area contributed by atoms with Crippen molar-refractivity contribution in [2.75, 3.05) is 0 Å². The predicted octanol–water partition coefficient (Wildman–Crippen LogP) is 5.22. The number of hydrogen-bond donors (Lipinski definition) is 4. The van der Waals surface area contributed by atoms with Gasteiger partial charge in [0.2, 0.25) is 0 Å². The Bertz CT molecular complexity index is 2970. The summed E-state index contributed by atoms with van der Waals surface area (Å²) in [6.45, 7) is 0. The molecule has 12 heteroatoms. The van der Waals surface area contributed by atoms with Crippen molar-refractivity contribution in [3.63, 3.8) is 0 Å². The molecule has 0 atom stereocenters. The zero-order valence-corrected chi connectivity index (χ0v) is 24.5. The number of aromatic amines is 4. The second kappa shape index (κ2) is 9.85. The normalized spacial score (nSPS) is 11.9. The Morgan fingerprint density at radius 1 is 0.354 bits per heavy atom. The predicted molar refractivity (Wildman–Crippen MR) is 175 cm³/mol. The zero-order chi connectivity index (χ0) is 32.5. The van der Waals surface area contributed by atoms with Gasteiger partial charge in [0.25, 0.3) is 0 Å². The summed E-state index contributed by atoms with van der Waals surface area (Å²) in [6.07, 6.45) is 0. The molecule has 0 aliphatic carbocycles. The minimum Gasteiger partial charge on any atom is -0.324 e. The van der Waals surface area contributed by atoms with Crippen LogP contribution in [-0.4, -0.2) is 19.9 Å². The fourth-order valence-electron chi connectivity index (χ4n) is 6.48. The van der Waals surface area contributed by atoms with Gasteiger partial charge in [-0.25, -0.2) is 20.0 Å². The highest BCUT2D eigenvalue weighted by Gasteiger charge is 2.24. The van der Waals surface area contributed by atoms with Crippen LogP contribution in [0.3, 0.4) is 0 Å². The summed E-state index contributed by atoms with van der Waals surface area (Å²) in [7, 11) is 0. The fraction of sp³-hybridized carbons (Fsp3) is 0.